The van der Waals surface area contributed by atoms with E-state index in [4.69, 9.17) is 0 Å². The van der Waals surface area contributed by atoms with Gasteiger partial charge in [0.2, 0.25) is 0 Å². The predicted molar refractivity (Wildman–Crippen MR) is 107 cm³/mol. The SMILES string of the molecule is Cc1ccc2c(N3CCN(CC(O)c4ccccc4)CC3)cccc2n1. The summed E-state index contributed by atoms with van der Waals surface area (Å²) in [6.45, 7) is 6.57. The number of fused-ring (bicyclic) bond motifs is 1. The lowest BCUT2D eigenvalue weighted by Crippen LogP contribution is -2.47. The Bertz CT molecular complexity index is 873. The maximum Gasteiger partial charge on any atom is 0.0916 e. The lowest BCUT2D eigenvalue weighted by atomic mass is 10.1. The molecule has 134 valence electrons. The minimum atomic E-state index is -0.424. The van der Waals surface area contributed by atoms with Crippen molar-refractivity contribution < 1.29 is 5.11 Å². The molecule has 0 bridgehead atoms. The van der Waals surface area contributed by atoms with Crippen molar-refractivity contribution in [1.82, 2.24) is 9.88 Å². The molecule has 1 aliphatic rings. The van der Waals surface area contributed by atoms with Gasteiger partial charge in [0.15, 0.2) is 0 Å². The van der Waals surface area contributed by atoms with Gasteiger partial charge < -0.3 is 10.0 Å². The Kier molecular flexibility index (Phi) is 4.87. The number of benzene rings is 2. The van der Waals surface area contributed by atoms with Gasteiger partial charge >= 0.3 is 0 Å². The largest absolute Gasteiger partial charge is 0.387 e. The fourth-order valence-electron chi connectivity index (χ4n) is 3.71. The standard InChI is InChI=1S/C22H25N3O/c1-17-10-11-19-20(23-17)8-5-9-21(19)25-14-12-24(13-15-25)16-22(26)18-6-3-2-4-7-18/h2-11,22,26H,12-16H2,1H3. The topological polar surface area (TPSA) is 39.6 Å². The average Bonchev–Trinajstić information content (AvgIpc) is 2.68. The van der Waals surface area contributed by atoms with Gasteiger partial charge in [-0.3, -0.25) is 9.88 Å². The molecule has 0 aliphatic carbocycles. The summed E-state index contributed by atoms with van der Waals surface area (Å²) in [5.74, 6) is 0. The lowest BCUT2D eigenvalue weighted by Gasteiger charge is -2.37. The van der Waals surface area contributed by atoms with Crippen molar-refractivity contribution in [1.29, 1.82) is 0 Å². The number of aliphatic hydroxyl groups is 1. The van der Waals surface area contributed by atoms with E-state index in [1.54, 1.807) is 0 Å². The van der Waals surface area contributed by atoms with E-state index in [0.717, 1.165) is 43.0 Å². The number of piperazine rings is 1. The van der Waals surface area contributed by atoms with Crippen molar-refractivity contribution in [2.45, 2.75) is 13.0 Å². The number of rotatable bonds is 4. The number of aromatic nitrogens is 1. The van der Waals surface area contributed by atoms with Gasteiger partial charge in [0.1, 0.15) is 0 Å². The van der Waals surface area contributed by atoms with E-state index in [1.807, 2.05) is 37.3 Å². The molecule has 0 radical (unpaired) electrons. The van der Waals surface area contributed by atoms with Gasteiger partial charge in [0.25, 0.3) is 0 Å². The van der Waals surface area contributed by atoms with Crippen molar-refractivity contribution in [3.63, 3.8) is 0 Å². The highest BCUT2D eigenvalue weighted by molar-refractivity contribution is 5.92. The maximum atomic E-state index is 10.5. The Morgan fingerprint density at radius 1 is 0.923 bits per heavy atom. The van der Waals surface area contributed by atoms with Gasteiger partial charge in [-0.2, -0.15) is 0 Å². The molecular weight excluding hydrogens is 322 g/mol. The van der Waals surface area contributed by atoms with Crippen LogP contribution in [-0.4, -0.2) is 47.7 Å². The van der Waals surface area contributed by atoms with E-state index in [-0.39, 0.29) is 0 Å². The van der Waals surface area contributed by atoms with E-state index in [9.17, 15) is 5.11 Å². The van der Waals surface area contributed by atoms with Crippen molar-refractivity contribution in [3.8, 4) is 0 Å². The van der Waals surface area contributed by atoms with Crippen LogP contribution in [0, 0.1) is 6.92 Å². The third kappa shape index (κ3) is 3.57. The van der Waals surface area contributed by atoms with Crippen molar-refractivity contribution in [2.24, 2.45) is 0 Å². The van der Waals surface area contributed by atoms with Gasteiger partial charge in [-0.1, -0.05) is 36.4 Å². The fraction of sp³-hybridized carbons (Fsp3) is 0.318. The molecule has 1 aliphatic heterocycles. The molecule has 0 amide bonds. The van der Waals surface area contributed by atoms with Gasteiger partial charge in [0, 0.05) is 49.5 Å². The maximum absolute atomic E-state index is 10.5. The molecule has 3 aromatic rings. The molecule has 1 aromatic heterocycles. The van der Waals surface area contributed by atoms with Crippen LogP contribution < -0.4 is 4.90 Å². The zero-order valence-electron chi connectivity index (χ0n) is 15.2. The summed E-state index contributed by atoms with van der Waals surface area (Å²) in [5.41, 5.74) is 4.36. The summed E-state index contributed by atoms with van der Waals surface area (Å²) in [7, 11) is 0. The number of nitrogens with zero attached hydrogens (tertiary/aromatic N) is 3. The van der Waals surface area contributed by atoms with Crippen LogP contribution in [0.5, 0.6) is 0 Å². The van der Waals surface area contributed by atoms with E-state index in [0.29, 0.717) is 6.54 Å². The molecule has 0 spiro atoms. The van der Waals surface area contributed by atoms with Crippen molar-refractivity contribution in [2.75, 3.05) is 37.6 Å². The third-order valence-electron chi connectivity index (χ3n) is 5.18. The Morgan fingerprint density at radius 3 is 2.46 bits per heavy atom. The van der Waals surface area contributed by atoms with Crippen LogP contribution in [0.1, 0.15) is 17.4 Å². The van der Waals surface area contributed by atoms with E-state index >= 15 is 0 Å². The first-order chi connectivity index (χ1) is 12.7. The molecule has 4 nitrogen and oxygen atoms in total. The third-order valence-corrected chi connectivity index (χ3v) is 5.18. The highest BCUT2D eigenvalue weighted by atomic mass is 16.3. The van der Waals surface area contributed by atoms with Gasteiger partial charge in [-0.05, 0) is 36.8 Å². The first-order valence-corrected chi connectivity index (χ1v) is 9.27. The Balaban J connectivity index is 1.43. The van der Waals surface area contributed by atoms with Crippen molar-refractivity contribution in [3.05, 3.63) is 71.9 Å². The lowest BCUT2D eigenvalue weighted by molar-refractivity contribution is 0.109. The van der Waals surface area contributed by atoms with Crippen LogP contribution in [0.25, 0.3) is 10.9 Å². The molecule has 1 saturated heterocycles. The summed E-state index contributed by atoms with van der Waals surface area (Å²) in [6, 6.07) is 20.5. The van der Waals surface area contributed by atoms with Crippen LogP contribution in [0.15, 0.2) is 60.7 Å². The molecule has 1 fully saturated rings. The second kappa shape index (κ2) is 7.44. The van der Waals surface area contributed by atoms with Crippen LogP contribution >= 0.6 is 0 Å². The molecule has 2 aromatic carbocycles. The normalized spacial score (nSPS) is 16.8. The highest BCUT2D eigenvalue weighted by Crippen LogP contribution is 2.27. The smallest absolute Gasteiger partial charge is 0.0916 e. The number of hydrogen-bond donors (Lipinski definition) is 1. The fourth-order valence-corrected chi connectivity index (χ4v) is 3.71. The average molecular weight is 347 g/mol. The summed E-state index contributed by atoms with van der Waals surface area (Å²) >= 11 is 0. The minimum absolute atomic E-state index is 0.424. The first kappa shape index (κ1) is 17.0. The van der Waals surface area contributed by atoms with Crippen LogP contribution in [0.3, 0.4) is 0 Å². The quantitative estimate of drug-likeness (QED) is 0.785. The molecule has 1 N–H and O–H groups in total. The van der Waals surface area contributed by atoms with Gasteiger partial charge in [-0.25, -0.2) is 0 Å². The van der Waals surface area contributed by atoms with Crippen molar-refractivity contribution >= 4 is 16.6 Å². The second-order valence-corrected chi connectivity index (χ2v) is 7.01. The Hall–Kier alpha value is -2.43. The molecule has 4 rings (SSSR count). The zero-order chi connectivity index (χ0) is 17.9. The monoisotopic (exact) mass is 347 g/mol. The zero-order valence-corrected chi connectivity index (χ0v) is 15.2. The second-order valence-electron chi connectivity index (χ2n) is 7.01. The molecule has 4 heteroatoms. The number of aryl methyl sites for hydroxylation is 1. The van der Waals surface area contributed by atoms with Crippen LogP contribution in [0.2, 0.25) is 0 Å². The summed E-state index contributed by atoms with van der Waals surface area (Å²) in [5, 5.41) is 11.7. The van der Waals surface area contributed by atoms with Gasteiger partial charge in [-0.15, -0.1) is 0 Å². The van der Waals surface area contributed by atoms with Crippen LogP contribution in [-0.2, 0) is 0 Å². The Morgan fingerprint density at radius 2 is 1.69 bits per heavy atom. The number of β-amino-alcohol motifs (C(OH)–C–C–N with tert-alkyl or cyclic N) is 1. The van der Waals surface area contributed by atoms with Crippen LogP contribution in [0.4, 0.5) is 5.69 Å². The molecular formula is C22H25N3O. The molecule has 0 saturated carbocycles. The van der Waals surface area contributed by atoms with E-state index < -0.39 is 6.10 Å². The minimum Gasteiger partial charge on any atom is -0.387 e. The number of hydrogen-bond acceptors (Lipinski definition) is 4. The van der Waals surface area contributed by atoms with E-state index in [2.05, 4.69) is 45.1 Å². The van der Waals surface area contributed by atoms with E-state index in [1.165, 1.54) is 11.1 Å². The Labute approximate surface area is 154 Å². The molecule has 26 heavy (non-hydrogen) atoms. The summed E-state index contributed by atoms with van der Waals surface area (Å²) in [6.07, 6.45) is -0.424. The highest BCUT2D eigenvalue weighted by Gasteiger charge is 2.21. The first-order valence-electron chi connectivity index (χ1n) is 9.27. The summed E-state index contributed by atoms with van der Waals surface area (Å²) < 4.78 is 0. The number of pyridine rings is 1. The molecule has 2 heterocycles. The number of aliphatic hydroxyl groups excluding tert-OH is 1. The molecule has 1 unspecified atom stereocenters. The number of anilines is 1. The summed E-state index contributed by atoms with van der Waals surface area (Å²) in [4.78, 5) is 9.43. The van der Waals surface area contributed by atoms with Gasteiger partial charge in [0.05, 0.1) is 11.6 Å². The predicted octanol–water partition coefficient (Wildman–Crippen LogP) is 3.40. The molecule has 1 atom stereocenters.